The van der Waals surface area contributed by atoms with E-state index in [9.17, 15) is 4.79 Å². The fraction of sp³-hybridized carbons (Fsp3) is 0. The summed E-state index contributed by atoms with van der Waals surface area (Å²) in [6.45, 7) is 0. The molecule has 4 heteroatoms. The smallest absolute Gasteiger partial charge is 0.248 e. The molecule has 0 atom stereocenters. The van der Waals surface area contributed by atoms with Gasteiger partial charge in [-0.3, -0.25) is 9.78 Å². The number of carbonyl (C=O) groups is 1. The lowest BCUT2D eigenvalue weighted by Gasteiger charge is -2.00. The standard InChI is InChI=1S/C14H13N3O/c15-12-4-1-11(2-5-12)3-6-14(18)17-13-7-9-16-10-8-13/h1-10H,15H2,(H,16,17,18)/b6-3+. The zero-order valence-electron chi connectivity index (χ0n) is 9.71. The van der Waals surface area contributed by atoms with Crippen molar-refractivity contribution in [3.8, 4) is 0 Å². The lowest BCUT2D eigenvalue weighted by Crippen LogP contribution is -2.07. The number of nitrogen functional groups attached to an aromatic ring is 1. The molecule has 2 rings (SSSR count). The van der Waals surface area contributed by atoms with Crippen molar-refractivity contribution < 1.29 is 4.79 Å². The molecule has 4 nitrogen and oxygen atoms in total. The molecule has 0 saturated heterocycles. The number of rotatable bonds is 3. The van der Waals surface area contributed by atoms with Crippen LogP contribution in [-0.2, 0) is 4.79 Å². The highest BCUT2D eigenvalue weighted by Gasteiger charge is 1.96. The molecule has 2 aromatic rings. The number of hydrogen-bond acceptors (Lipinski definition) is 3. The Hall–Kier alpha value is -2.62. The molecule has 90 valence electrons. The van der Waals surface area contributed by atoms with Gasteiger partial charge in [-0.15, -0.1) is 0 Å². The first-order chi connectivity index (χ1) is 8.74. The Labute approximate surface area is 105 Å². The van der Waals surface area contributed by atoms with Crippen molar-refractivity contribution >= 4 is 23.4 Å². The first-order valence-electron chi connectivity index (χ1n) is 5.49. The summed E-state index contributed by atoms with van der Waals surface area (Å²) in [6.07, 6.45) is 6.46. The number of hydrogen-bond donors (Lipinski definition) is 2. The van der Waals surface area contributed by atoms with Crippen LogP contribution in [-0.4, -0.2) is 10.9 Å². The van der Waals surface area contributed by atoms with Gasteiger partial charge in [-0.25, -0.2) is 0 Å². The van der Waals surface area contributed by atoms with E-state index in [0.717, 1.165) is 11.3 Å². The second kappa shape index (κ2) is 5.63. The van der Waals surface area contributed by atoms with Gasteiger partial charge in [0.1, 0.15) is 0 Å². The van der Waals surface area contributed by atoms with Gasteiger partial charge in [-0.05, 0) is 35.9 Å². The number of aromatic nitrogens is 1. The predicted octanol–water partition coefficient (Wildman–Crippen LogP) is 2.32. The Morgan fingerprint density at radius 2 is 1.78 bits per heavy atom. The quantitative estimate of drug-likeness (QED) is 0.638. The summed E-state index contributed by atoms with van der Waals surface area (Å²) in [6, 6.07) is 10.8. The first kappa shape index (κ1) is 11.9. The topological polar surface area (TPSA) is 68.0 Å². The van der Waals surface area contributed by atoms with Crippen molar-refractivity contribution in [3.63, 3.8) is 0 Å². The number of nitrogens with zero attached hydrogens (tertiary/aromatic N) is 1. The Kier molecular flexibility index (Phi) is 3.71. The van der Waals surface area contributed by atoms with Crippen molar-refractivity contribution in [1.82, 2.24) is 4.98 Å². The molecule has 1 amide bonds. The van der Waals surface area contributed by atoms with Crippen LogP contribution >= 0.6 is 0 Å². The fourth-order valence-electron chi connectivity index (χ4n) is 1.40. The van der Waals surface area contributed by atoms with Crippen LogP contribution in [0.1, 0.15) is 5.56 Å². The highest BCUT2D eigenvalue weighted by Crippen LogP contribution is 2.08. The average molecular weight is 239 g/mol. The van der Waals surface area contributed by atoms with Crippen LogP contribution in [0.3, 0.4) is 0 Å². The molecule has 1 aromatic carbocycles. The fourth-order valence-corrected chi connectivity index (χ4v) is 1.40. The molecule has 3 N–H and O–H groups in total. The average Bonchev–Trinajstić information content (AvgIpc) is 2.39. The van der Waals surface area contributed by atoms with Gasteiger partial charge in [-0.2, -0.15) is 0 Å². The zero-order chi connectivity index (χ0) is 12.8. The normalized spacial score (nSPS) is 10.4. The Morgan fingerprint density at radius 3 is 2.44 bits per heavy atom. The second-order valence-electron chi connectivity index (χ2n) is 3.73. The number of nitrogens with one attached hydrogen (secondary N) is 1. The maximum absolute atomic E-state index is 11.6. The van der Waals surface area contributed by atoms with E-state index in [4.69, 9.17) is 5.73 Å². The predicted molar refractivity (Wildman–Crippen MR) is 72.8 cm³/mol. The van der Waals surface area contributed by atoms with Gasteiger partial charge in [0, 0.05) is 29.8 Å². The molecular weight excluding hydrogens is 226 g/mol. The van der Waals surface area contributed by atoms with Crippen LogP contribution in [0.25, 0.3) is 6.08 Å². The van der Waals surface area contributed by atoms with E-state index in [0.29, 0.717) is 5.69 Å². The highest BCUT2D eigenvalue weighted by atomic mass is 16.1. The number of carbonyl (C=O) groups excluding carboxylic acids is 1. The van der Waals surface area contributed by atoms with Crippen molar-refractivity contribution in [1.29, 1.82) is 0 Å². The van der Waals surface area contributed by atoms with Crippen LogP contribution in [0, 0.1) is 0 Å². The molecule has 0 spiro atoms. The van der Waals surface area contributed by atoms with Gasteiger partial charge in [-0.1, -0.05) is 12.1 Å². The van der Waals surface area contributed by atoms with Gasteiger partial charge in [0.15, 0.2) is 0 Å². The van der Waals surface area contributed by atoms with Crippen LogP contribution in [0.5, 0.6) is 0 Å². The number of amides is 1. The SMILES string of the molecule is Nc1ccc(/C=C/C(=O)Nc2ccncc2)cc1. The minimum atomic E-state index is -0.182. The highest BCUT2D eigenvalue weighted by molar-refractivity contribution is 6.01. The van der Waals surface area contributed by atoms with E-state index >= 15 is 0 Å². The van der Waals surface area contributed by atoms with Gasteiger partial charge >= 0.3 is 0 Å². The van der Waals surface area contributed by atoms with Crippen molar-refractivity contribution in [2.24, 2.45) is 0 Å². The van der Waals surface area contributed by atoms with Crippen LogP contribution in [0.4, 0.5) is 11.4 Å². The van der Waals surface area contributed by atoms with E-state index in [1.807, 2.05) is 12.1 Å². The summed E-state index contributed by atoms with van der Waals surface area (Å²) in [5, 5.41) is 2.73. The molecule has 0 aliphatic heterocycles. The summed E-state index contributed by atoms with van der Waals surface area (Å²) in [7, 11) is 0. The van der Waals surface area contributed by atoms with Crippen molar-refractivity contribution in [3.05, 3.63) is 60.4 Å². The first-order valence-corrected chi connectivity index (χ1v) is 5.49. The molecule has 1 heterocycles. The Bertz CT molecular complexity index is 547. The van der Waals surface area contributed by atoms with E-state index in [-0.39, 0.29) is 5.91 Å². The lowest BCUT2D eigenvalue weighted by atomic mass is 10.2. The molecule has 0 fully saturated rings. The largest absolute Gasteiger partial charge is 0.399 e. The Morgan fingerprint density at radius 1 is 1.11 bits per heavy atom. The van der Waals surface area contributed by atoms with E-state index in [2.05, 4.69) is 10.3 Å². The van der Waals surface area contributed by atoms with Gasteiger partial charge in [0.05, 0.1) is 0 Å². The molecule has 18 heavy (non-hydrogen) atoms. The number of benzene rings is 1. The molecule has 0 radical (unpaired) electrons. The third kappa shape index (κ3) is 3.45. The van der Waals surface area contributed by atoms with E-state index in [1.54, 1.807) is 42.7 Å². The number of anilines is 2. The minimum absolute atomic E-state index is 0.182. The molecule has 0 bridgehead atoms. The third-order valence-electron chi connectivity index (χ3n) is 2.31. The lowest BCUT2D eigenvalue weighted by molar-refractivity contribution is -0.111. The van der Waals surface area contributed by atoms with E-state index in [1.165, 1.54) is 6.08 Å². The molecule has 0 saturated carbocycles. The van der Waals surface area contributed by atoms with Crippen molar-refractivity contribution in [2.45, 2.75) is 0 Å². The van der Waals surface area contributed by atoms with Gasteiger partial charge in [0.2, 0.25) is 5.91 Å². The molecule has 1 aromatic heterocycles. The summed E-state index contributed by atoms with van der Waals surface area (Å²) in [4.78, 5) is 15.5. The Balaban J connectivity index is 1.97. The maximum Gasteiger partial charge on any atom is 0.248 e. The van der Waals surface area contributed by atoms with Crippen LogP contribution in [0.15, 0.2) is 54.9 Å². The third-order valence-corrected chi connectivity index (χ3v) is 2.31. The van der Waals surface area contributed by atoms with Crippen molar-refractivity contribution in [2.75, 3.05) is 11.1 Å². The van der Waals surface area contributed by atoms with Crippen LogP contribution < -0.4 is 11.1 Å². The summed E-state index contributed by atoms with van der Waals surface area (Å²) < 4.78 is 0. The zero-order valence-corrected chi connectivity index (χ0v) is 9.71. The summed E-state index contributed by atoms with van der Waals surface area (Å²) in [5.41, 5.74) is 7.92. The maximum atomic E-state index is 11.6. The minimum Gasteiger partial charge on any atom is -0.399 e. The van der Waals surface area contributed by atoms with Gasteiger partial charge in [0.25, 0.3) is 0 Å². The summed E-state index contributed by atoms with van der Waals surface area (Å²) in [5.74, 6) is -0.182. The molecular formula is C14H13N3O. The molecule has 0 aliphatic rings. The van der Waals surface area contributed by atoms with Gasteiger partial charge < -0.3 is 11.1 Å². The molecule has 0 unspecified atom stereocenters. The monoisotopic (exact) mass is 239 g/mol. The number of nitrogens with two attached hydrogens (primary N) is 1. The number of pyridine rings is 1. The summed E-state index contributed by atoms with van der Waals surface area (Å²) >= 11 is 0. The molecule has 0 aliphatic carbocycles. The second-order valence-corrected chi connectivity index (χ2v) is 3.73. The van der Waals surface area contributed by atoms with E-state index < -0.39 is 0 Å². The van der Waals surface area contributed by atoms with Crippen LogP contribution in [0.2, 0.25) is 0 Å².